The number of nitrogens with one attached hydrogen (secondary N) is 1. The predicted molar refractivity (Wildman–Crippen MR) is 289 cm³/mol. The maximum absolute atomic E-state index is 13.3. The highest BCUT2D eigenvalue weighted by Gasteiger charge is 2.48. The third kappa shape index (κ3) is 32.6. The van der Waals surface area contributed by atoms with E-state index in [2.05, 4.69) is 26.1 Å². The molecule has 8 N–H and O–H groups in total. The van der Waals surface area contributed by atoms with Gasteiger partial charge in [-0.15, -0.1) is 0 Å². The molecule has 0 aromatic carbocycles. The SMILES string of the molecule is CCCCCCCCCCCCCCCCCCCCCC(=O)N[C@@H](CO[C@@H]1O[C@H](CO[C@@H]2O[C@H](COP(=O)([O-])OCC[N+](C)(C)C)[C@H](O)[C@H](O)[C@H]2O)[C@H](O)[C@H](O)[C@H]1O)[C@H](O)/C=C/CCCCCCCCCC(C)C. The molecule has 2 heterocycles. The number of likely N-dealkylation sites (N-methyl/N-ethyl adjacent to an activating group) is 1. The van der Waals surface area contributed by atoms with Gasteiger partial charge in [0.2, 0.25) is 5.91 Å². The van der Waals surface area contributed by atoms with Crippen molar-refractivity contribution in [3.63, 3.8) is 0 Å². The minimum absolute atomic E-state index is 0.175. The van der Waals surface area contributed by atoms with Crippen LogP contribution in [0.15, 0.2) is 12.2 Å². The Balaban J connectivity index is 1.90. The minimum atomic E-state index is -4.85. The van der Waals surface area contributed by atoms with Crippen LogP contribution < -0.4 is 10.2 Å². The number of quaternary nitrogens is 1. The van der Waals surface area contributed by atoms with Gasteiger partial charge in [-0.25, -0.2) is 0 Å². The smallest absolute Gasteiger partial charge is 0.268 e. The summed E-state index contributed by atoms with van der Waals surface area (Å²) in [5.74, 6) is 0.469. The van der Waals surface area contributed by atoms with E-state index in [1.165, 1.54) is 128 Å². The van der Waals surface area contributed by atoms with Crippen LogP contribution in [-0.2, 0) is 37.4 Å². The summed E-state index contributed by atoms with van der Waals surface area (Å²) in [7, 11) is 0.681. The molecule has 0 radical (unpaired) electrons. The summed E-state index contributed by atoms with van der Waals surface area (Å²) in [4.78, 5) is 25.7. The maximum atomic E-state index is 13.3. The van der Waals surface area contributed by atoms with Gasteiger partial charge in [0.15, 0.2) is 12.6 Å². The number of aliphatic hydroxyl groups is 7. The molecular formula is C56H109N2O16P. The molecule has 0 aromatic heterocycles. The van der Waals surface area contributed by atoms with Crippen LogP contribution in [0.25, 0.3) is 0 Å². The molecule has 2 aliphatic heterocycles. The number of nitrogens with zero attached hydrogens (tertiary/aromatic N) is 1. The summed E-state index contributed by atoms with van der Waals surface area (Å²) in [5.41, 5.74) is 0. The highest BCUT2D eigenvalue weighted by Crippen LogP contribution is 2.39. The van der Waals surface area contributed by atoms with Crippen molar-refractivity contribution in [1.29, 1.82) is 0 Å². The second-order valence-corrected chi connectivity index (χ2v) is 24.3. The van der Waals surface area contributed by atoms with E-state index >= 15 is 0 Å². The third-order valence-electron chi connectivity index (χ3n) is 14.4. The minimum Gasteiger partial charge on any atom is -0.756 e. The molecule has 2 fully saturated rings. The van der Waals surface area contributed by atoms with Crippen molar-refractivity contribution < 1.29 is 82.5 Å². The predicted octanol–water partition coefficient (Wildman–Crippen LogP) is 7.23. The molecule has 75 heavy (non-hydrogen) atoms. The average molecular weight is 1100 g/mol. The molecule has 2 rings (SSSR count). The zero-order valence-corrected chi connectivity index (χ0v) is 48.3. The van der Waals surface area contributed by atoms with E-state index in [0.717, 1.165) is 50.9 Å². The maximum Gasteiger partial charge on any atom is 0.268 e. The second kappa shape index (κ2) is 40.9. The Bertz CT molecular complexity index is 1490. The van der Waals surface area contributed by atoms with E-state index in [1.54, 1.807) is 6.08 Å². The normalized spacial score (nSPS) is 26.2. The number of allylic oxidation sites excluding steroid dienone is 1. The van der Waals surface area contributed by atoms with Gasteiger partial charge in [0.1, 0.15) is 62.0 Å². The first-order chi connectivity index (χ1) is 35.8. The summed E-state index contributed by atoms with van der Waals surface area (Å²) < 4.78 is 45.6. The number of ether oxygens (including phenoxy) is 4. The number of phosphoric ester groups is 1. The van der Waals surface area contributed by atoms with Crippen molar-refractivity contribution in [2.75, 3.05) is 54.1 Å². The number of rotatable bonds is 46. The van der Waals surface area contributed by atoms with Gasteiger partial charge in [0.25, 0.3) is 7.82 Å². The molecule has 444 valence electrons. The van der Waals surface area contributed by atoms with Crippen LogP contribution in [0.3, 0.4) is 0 Å². The molecule has 13 atom stereocenters. The van der Waals surface area contributed by atoms with E-state index in [-0.39, 0.29) is 25.5 Å². The zero-order valence-electron chi connectivity index (χ0n) is 47.4. The number of phosphoric acid groups is 1. The van der Waals surface area contributed by atoms with Gasteiger partial charge in [-0.05, 0) is 25.2 Å². The lowest BCUT2D eigenvalue weighted by Gasteiger charge is -2.43. The van der Waals surface area contributed by atoms with Gasteiger partial charge in [-0.3, -0.25) is 9.36 Å². The summed E-state index contributed by atoms with van der Waals surface area (Å²) in [6.45, 7) is 5.19. The molecule has 0 aromatic rings. The number of unbranched alkanes of at least 4 members (excludes halogenated alkanes) is 25. The Kier molecular flexibility index (Phi) is 38.2. The molecular weight excluding hydrogens is 988 g/mol. The van der Waals surface area contributed by atoms with Crippen LogP contribution >= 0.6 is 7.82 Å². The van der Waals surface area contributed by atoms with Crippen LogP contribution in [-0.4, -0.2) is 174 Å². The molecule has 0 saturated carbocycles. The first kappa shape index (κ1) is 69.9. The van der Waals surface area contributed by atoms with Crippen molar-refractivity contribution in [3.8, 4) is 0 Å². The topological polar surface area (TPSA) is 266 Å². The fourth-order valence-corrected chi connectivity index (χ4v) is 10.0. The molecule has 18 nitrogen and oxygen atoms in total. The monoisotopic (exact) mass is 1100 g/mol. The standard InChI is InChI=1S/C56H109N2O16P/c1-7-8-9-10-11-12-13-14-15-16-17-18-19-20-21-25-28-31-34-37-48(60)57-44(45(59)36-33-30-27-24-22-23-26-29-32-35-43(2)3)40-69-55-53(65)51(63)49(61)46(73-55)41-70-56-54(66)52(64)50(62)47(74-56)42-72-75(67,68)71-39-38-58(4,5)6/h33,36,43-47,49-56,59,61-66H,7-32,34-35,37-42H2,1-6H3,(H-,57,60,67,68)/b36-33+/t44-,45+,46+,47+,49-,50-,51-,52-,53+,54+,55+,56+/m0/s1. The zero-order chi connectivity index (χ0) is 55.5. The highest BCUT2D eigenvalue weighted by molar-refractivity contribution is 7.45. The van der Waals surface area contributed by atoms with Crippen molar-refractivity contribution in [3.05, 3.63) is 12.2 Å². The second-order valence-electron chi connectivity index (χ2n) is 22.9. The lowest BCUT2D eigenvalue weighted by atomic mass is 9.98. The Morgan fingerprint density at radius 3 is 1.53 bits per heavy atom. The molecule has 2 saturated heterocycles. The van der Waals surface area contributed by atoms with E-state index in [4.69, 9.17) is 28.0 Å². The van der Waals surface area contributed by atoms with Crippen molar-refractivity contribution in [2.45, 2.75) is 281 Å². The van der Waals surface area contributed by atoms with E-state index in [0.29, 0.717) is 17.4 Å². The number of carbonyl (C=O) groups excluding carboxylic acids is 1. The summed E-state index contributed by atoms with van der Waals surface area (Å²) in [5, 5.41) is 78.7. The molecule has 1 amide bonds. The molecule has 1 unspecified atom stereocenters. The number of aliphatic hydroxyl groups excluding tert-OH is 7. The first-order valence-corrected chi connectivity index (χ1v) is 30.9. The first-order valence-electron chi connectivity index (χ1n) is 29.4. The fraction of sp³-hybridized carbons (Fsp3) is 0.946. The summed E-state index contributed by atoms with van der Waals surface area (Å²) >= 11 is 0. The Morgan fingerprint density at radius 2 is 1.05 bits per heavy atom. The summed E-state index contributed by atoms with van der Waals surface area (Å²) in [6.07, 6.45) is 19.5. The Morgan fingerprint density at radius 1 is 0.613 bits per heavy atom. The number of hydrogen-bond donors (Lipinski definition) is 8. The van der Waals surface area contributed by atoms with Crippen LogP contribution in [0.4, 0.5) is 0 Å². The quantitative estimate of drug-likeness (QED) is 0.0129. The molecule has 0 bridgehead atoms. The van der Waals surface area contributed by atoms with Crippen molar-refractivity contribution in [2.24, 2.45) is 5.92 Å². The Hall–Kier alpha value is -1.16. The van der Waals surface area contributed by atoms with E-state index < -0.39 is 94.6 Å². The van der Waals surface area contributed by atoms with E-state index in [9.17, 15) is 50.0 Å². The lowest BCUT2D eigenvalue weighted by Crippen LogP contribution is -2.62. The third-order valence-corrected chi connectivity index (χ3v) is 15.3. The molecule has 2 aliphatic rings. The van der Waals surface area contributed by atoms with Crippen LogP contribution in [0.1, 0.15) is 207 Å². The van der Waals surface area contributed by atoms with Crippen molar-refractivity contribution in [1.82, 2.24) is 5.32 Å². The largest absolute Gasteiger partial charge is 0.756 e. The van der Waals surface area contributed by atoms with Crippen LogP contribution in [0, 0.1) is 5.92 Å². The summed E-state index contributed by atoms with van der Waals surface area (Å²) in [6, 6.07) is -0.959. The fourth-order valence-electron chi connectivity index (χ4n) is 9.34. The van der Waals surface area contributed by atoms with Crippen molar-refractivity contribution >= 4 is 13.7 Å². The molecule has 0 aliphatic carbocycles. The van der Waals surface area contributed by atoms with Gasteiger partial charge in [-0.1, -0.05) is 193 Å². The van der Waals surface area contributed by atoms with Gasteiger partial charge >= 0.3 is 0 Å². The van der Waals surface area contributed by atoms with E-state index in [1.807, 2.05) is 27.2 Å². The number of amides is 1. The van der Waals surface area contributed by atoms with Gasteiger partial charge < -0.3 is 78.4 Å². The average Bonchev–Trinajstić information content (AvgIpc) is 3.35. The molecule has 19 heteroatoms. The van der Waals surface area contributed by atoms with Gasteiger partial charge in [0.05, 0.1) is 53.1 Å². The van der Waals surface area contributed by atoms with Crippen LogP contribution in [0.5, 0.6) is 0 Å². The Labute approximate surface area is 452 Å². The molecule has 0 spiro atoms. The highest BCUT2D eigenvalue weighted by atomic mass is 31.2. The van der Waals surface area contributed by atoms with Gasteiger partial charge in [0, 0.05) is 6.42 Å². The van der Waals surface area contributed by atoms with Gasteiger partial charge in [-0.2, -0.15) is 0 Å². The number of carbonyl (C=O) groups is 1. The number of hydrogen-bond acceptors (Lipinski definition) is 16. The van der Waals surface area contributed by atoms with Crippen LogP contribution in [0.2, 0.25) is 0 Å². The lowest BCUT2D eigenvalue weighted by molar-refractivity contribution is -0.870.